The van der Waals surface area contributed by atoms with E-state index in [2.05, 4.69) is 62.9 Å². The van der Waals surface area contributed by atoms with Crippen LogP contribution in [0.4, 0.5) is 0 Å². The lowest BCUT2D eigenvalue weighted by molar-refractivity contribution is -0.139. The first kappa shape index (κ1) is 27.2. The Morgan fingerprint density at radius 1 is 0.889 bits per heavy atom. The van der Waals surface area contributed by atoms with E-state index in [9.17, 15) is 9.90 Å². The van der Waals surface area contributed by atoms with Crippen LogP contribution in [0.3, 0.4) is 0 Å². The Balaban J connectivity index is 1.73. The van der Waals surface area contributed by atoms with Gasteiger partial charge in [-0.3, -0.25) is 0 Å². The summed E-state index contributed by atoms with van der Waals surface area (Å²) < 4.78 is 11.0. The van der Waals surface area contributed by atoms with E-state index in [1.807, 2.05) is 18.2 Å². The molecule has 0 atom stereocenters. The molecule has 0 bridgehead atoms. The third-order valence-electron chi connectivity index (χ3n) is 6.26. The number of ether oxygens (including phenoxy) is 2. The second kappa shape index (κ2) is 13.6. The van der Waals surface area contributed by atoms with Gasteiger partial charge >= 0.3 is 5.97 Å². The van der Waals surface area contributed by atoms with Crippen molar-refractivity contribution in [3.8, 4) is 28.0 Å². The highest BCUT2D eigenvalue weighted by atomic mass is 16.6. The van der Waals surface area contributed by atoms with E-state index in [-0.39, 0.29) is 19.8 Å². The van der Waals surface area contributed by atoms with Crippen LogP contribution < -0.4 is 4.74 Å². The van der Waals surface area contributed by atoms with Gasteiger partial charge in [-0.15, -0.1) is 0 Å². The molecule has 1 N–H and O–H groups in total. The molecular weight excluding hydrogens is 448 g/mol. The third-order valence-corrected chi connectivity index (χ3v) is 6.26. The number of aryl methyl sites for hydroxylation is 2. The van der Waals surface area contributed by atoms with Gasteiger partial charge in [0.1, 0.15) is 19.0 Å². The SMILES string of the molecule is C=C(C)C(=O)OCCOc1cc(-c2ccc(-c3ccc(CCCCC)cc3C)cc2)ccc1CCO. The number of hydrogen-bond donors (Lipinski definition) is 1. The summed E-state index contributed by atoms with van der Waals surface area (Å²) in [6.45, 7) is 10.0. The van der Waals surface area contributed by atoms with Crippen molar-refractivity contribution in [2.75, 3.05) is 19.8 Å². The number of rotatable bonds is 13. The van der Waals surface area contributed by atoms with E-state index in [0.717, 1.165) is 23.1 Å². The standard InChI is InChI=1S/C32H38O4/c1-5-6-7-8-25-9-16-30(24(4)21-25)27-12-10-26(11-13-27)29-15-14-28(17-18-33)31(22-29)35-19-20-36-32(34)23(2)3/h9-16,21-22,33H,2,5-8,17-20H2,1,3-4H3. The Morgan fingerprint density at radius 2 is 1.61 bits per heavy atom. The van der Waals surface area contributed by atoms with Crippen LogP contribution in [-0.2, 0) is 22.4 Å². The number of carbonyl (C=O) groups excluding carboxylic acids is 1. The molecule has 36 heavy (non-hydrogen) atoms. The van der Waals surface area contributed by atoms with Crippen LogP contribution in [0.2, 0.25) is 0 Å². The first-order chi connectivity index (χ1) is 17.4. The number of benzene rings is 3. The van der Waals surface area contributed by atoms with Crippen LogP contribution in [0.15, 0.2) is 72.8 Å². The number of carbonyl (C=O) groups is 1. The van der Waals surface area contributed by atoms with Gasteiger partial charge < -0.3 is 14.6 Å². The number of hydrogen-bond acceptors (Lipinski definition) is 4. The van der Waals surface area contributed by atoms with Gasteiger partial charge in [0.15, 0.2) is 0 Å². The van der Waals surface area contributed by atoms with Crippen LogP contribution in [-0.4, -0.2) is 30.9 Å². The van der Waals surface area contributed by atoms with Gasteiger partial charge in [0.2, 0.25) is 0 Å². The predicted molar refractivity (Wildman–Crippen MR) is 147 cm³/mol. The van der Waals surface area contributed by atoms with Crippen molar-refractivity contribution in [2.45, 2.75) is 52.9 Å². The third kappa shape index (κ3) is 7.56. The minimum atomic E-state index is -0.426. The fourth-order valence-electron chi connectivity index (χ4n) is 4.23. The van der Waals surface area contributed by atoms with E-state index < -0.39 is 5.97 Å². The number of aliphatic hydroxyl groups excluding tert-OH is 1. The summed E-state index contributed by atoms with van der Waals surface area (Å²) in [5.41, 5.74) is 8.55. The van der Waals surface area contributed by atoms with Crippen LogP contribution in [0.1, 0.15) is 49.8 Å². The van der Waals surface area contributed by atoms with Crippen LogP contribution >= 0.6 is 0 Å². The summed E-state index contributed by atoms with van der Waals surface area (Å²) in [7, 11) is 0. The van der Waals surface area contributed by atoms with E-state index >= 15 is 0 Å². The van der Waals surface area contributed by atoms with Gasteiger partial charge in [0.05, 0.1) is 0 Å². The molecule has 0 saturated carbocycles. The molecular formula is C32H38O4. The Hall–Kier alpha value is -3.37. The molecule has 0 spiro atoms. The molecule has 3 aromatic carbocycles. The molecule has 0 radical (unpaired) electrons. The maximum atomic E-state index is 11.6. The van der Waals surface area contributed by atoms with Gasteiger partial charge in [-0.05, 0) is 78.1 Å². The van der Waals surface area contributed by atoms with Gasteiger partial charge in [0.25, 0.3) is 0 Å². The molecule has 0 fully saturated rings. The lowest BCUT2D eigenvalue weighted by Gasteiger charge is -2.14. The van der Waals surface area contributed by atoms with Crippen molar-refractivity contribution >= 4 is 5.97 Å². The largest absolute Gasteiger partial charge is 0.490 e. The Kier molecular flexibility index (Phi) is 10.3. The summed E-state index contributed by atoms with van der Waals surface area (Å²) in [6.07, 6.45) is 5.39. The van der Waals surface area contributed by atoms with Crippen LogP contribution in [0.5, 0.6) is 5.75 Å². The minimum absolute atomic E-state index is 0.0335. The highest BCUT2D eigenvalue weighted by molar-refractivity contribution is 5.86. The van der Waals surface area contributed by atoms with Gasteiger partial charge in [-0.2, -0.15) is 0 Å². The minimum Gasteiger partial charge on any atom is -0.490 e. The van der Waals surface area contributed by atoms with Crippen molar-refractivity contribution < 1.29 is 19.4 Å². The van der Waals surface area contributed by atoms with Crippen molar-refractivity contribution in [1.29, 1.82) is 0 Å². The highest BCUT2D eigenvalue weighted by Crippen LogP contribution is 2.31. The molecule has 0 unspecified atom stereocenters. The number of unbranched alkanes of at least 4 members (excludes halogenated alkanes) is 2. The average molecular weight is 487 g/mol. The lowest BCUT2D eigenvalue weighted by Crippen LogP contribution is -2.13. The molecule has 4 nitrogen and oxygen atoms in total. The maximum Gasteiger partial charge on any atom is 0.333 e. The summed E-state index contributed by atoms with van der Waals surface area (Å²) in [4.78, 5) is 11.6. The Bertz CT molecular complexity index is 1160. The summed E-state index contributed by atoms with van der Waals surface area (Å²) in [5.74, 6) is 0.260. The molecule has 3 rings (SSSR count). The first-order valence-corrected chi connectivity index (χ1v) is 12.8. The van der Waals surface area contributed by atoms with Gasteiger partial charge in [0, 0.05) is 12.2 Å². The quantitative estimate of drug-likeness (QED) is 0.159. The average Bonchev–Trinajstić information content (AvgIpc) is 2.88. The van der Waals surface area contributed by atoms with Crippen molar-refractivity contribution in [2.24, 2.45) is 0 Å². The zero-order valence-corrected chi connectivity index (χ0v) is 21.8. The molecule has 0 aliphatic carbocycles. The molecule has 4 heteroatoms. The highest BCUT2D eigenvalue weighted by Gasteiger charge is 2.10. The van der Waals surface area contributed by atoms with Crippen LogP contribution in [0.25, 0.3) is 22.3 Å². The monoisotopic (exact) mass is 486 g/mol. The molecule has 0 amide bonds. The van der Waals surface area contributed by atoms with E-state index in [0.29, 0.717) is 17.7 Å². The molecule has 190 valence electrons. The number of aliphatic hydroxyl groups is 1. The van der Waals surface area contributed by atoms with E-state index in [1.54, 1.807) is 6.92 Å². The smallest absolute Gasteiger partial charge is 0.333 e. The van der Waals surface area contributed by atoms with E-state index in [1.165, 1.54) is 41.5 Å². The summed E-state index contributed by atoms with van der Waals surface area (Å²) in [6, 6.07) is 21.4. The zero-order valence-electron chi connectivity index (χ0n) is 21.8. The second-order valence-electron chi connectivity index (χ2n) is 9.24. The van der Waals surface area contributed by atoms with Gasteiger partial charge in [-0.1, -0.05) is 80.9 Å². The fourth-order valence-corrected chi connectivity index (χ4v) is 4.23. The van der Waals surface area contributed by atoms with E-state index in [4.69, 9.17) is 9.47 Å². The summed E-state index contributed by atoms with van der Waals surface area (Å²) in [5, 5.41) is 9.43. The molecule has 0 aliphatic rings. The predicted octanol–water partition coefficient (Wildman–Crippen LogP) is 7.09. The fraction of sp³-hybridized carbons (Fsp3) is 0.344. The maximum absolute atomic E-state index is 11.6. The zero-order chi connectivity index (χ0) is 25.9. The van der Waals surface area contributed by atoms with Crippen LogP contribution in [0, 0.1) is 6.92 Å². The van der Waals surface area contributed by atoms with Crippen molar-refractivity contribution in [1.82, 2.24) is 0 Å². The second-order valence-corrected chi connectivity index (χ2v) is 9.24. The molecule has 0 saturated heterocycles. The summed E-state index contributed by atoms with van der Waals surface area (Å²) >= 11 is 0. The normalized spacial score (nSPS) is 10.8. The molecule has 0 heterocycles. The van der Waals surface area contributed by atoms with Crippen molar-refractivity contribution in [3.63, 3.8) is 0 Å². The van der Waals surface area contributed by atoms with Gasteiger partial charge in [-0.25, -0.2) is 4.79 Å². The Labute approximate surface area is 215 Å². The Morgan fingerprint density at radius 3 is 2.28 bits per heavy atom. The molecule has 0 aliphatic heterocycles. The first-order valence-electron chi connectivity index (χ1n) is 12.8. The van der Waals surface area contributed by atoms with Crippen molar-refractivity contribution in [3.05, 3.63) is 89.5 Å². The topological polar surface area (TPSA) is 55.8 Å². The number of esters is 1. The molecule has 3 aromatic rings. The lowest BCUT2D eigenvalue weighted by atomic mass is 9.94. The molecule has 0 aromatic heterocycles.